The zero-order chi connectivity index (χ0) is 7.84. The minimum Gasteiger partial charge on any atom is -0.441 e. The summed E-state index contributed by atoms with van der Waals surface area (Å²) >= 11 is 0. The van der Waals surface area contributed by atoms with E-state index in [1.54, 1.807) is 0 Å². The number of aromatic nitrogens is 2. The number of hydrogen-bond donors (Lipinski definition) is 0. The van der Waals surface area contributed by atoms with Crippen molar-refractivity contribution in [1.29, 1.82) is 0 Å². The number of hydrogen-bond acceptors (Lipinski definition) is 2. The summed E-state index contributed by atoms with van der Waals surface area (Å²) in [5.74, 6) is 0.714. The second-order valence-electron chi connectivity index (χ2n) is 2.59. The molecule has 3 heteroatoms. The topological polar surface area (TPSA) is 29.9 Å². The van der Waals surface area contributed by atoms with E-state index in [4.69, 9.17) is 4.42 Å². The third-order valence-corrected chi connectivity index (χ3v) is 1.57. The van der Waals surface area contributed by atoms with Gasteiger partial charge < -0.3 is 4.42 Å². The molecule has 0 N–H and O–H groups in total. The van der Waals surface area contributed by atoms with E-state index in [9.17, 15) is 0 Å². The van der Waals surface area contributed by atoms with Gasteiger partial charge in [-0.25, -0.2) is 9.55 Å². The molecule has 0 saturated heterocycles. The minimum atomic E-state index is 0.714. The molecule has 56 valence electrons. The highest BCUT2D eigenvalue weighted by molar-refractivity contribution is 5.69. The normalized spacial score (nSPS) is 10.7. The molecule has 0 amide bonds. The van der Waals surface area contributed by atoms with Crippen molar-refractivity contribution in [3.05, 3.63) is 24.4 Å². The first-order chi connectivity index (χ1) is 5.25. The Balaban J connectivity index is 2.82. The second kappa shape index (κ2) is 2.05. The third kappa shape index (κ3) is 0.981. The summed E-state index contributed by atoms with van der Waals surface area (Å²) in [5.41, 5.74) is 1.76. The van der Waals surface area contributed by atoms with Crippen molar-refractivity contribution in [1.82, 2.24) is 4.98 Å². The molecule has 0 aliphatic heterocycles. The van der Waals surface area contributed by atoms with Gasteiger partial charge in [0.05, 0.1) is 0 Å². The predicted octanol–water partition coefficient (Wildman–Crippen LogP) is 0.961. The molecule has 2 aromatic rings. The fourth-order valence-electron chi connectivity index (χ4n) is 1.09. The maximum absolute atomic E-state index is 5.30. The number of aryl methyl sites for hydroxylation is 2. The smallest absolute Gasteiger partial charge is 0.198 e. The Bertz CT molecular complexity index is 392. The van der Waals surface area contributed by atoms with Crippen LogP contribution >= 0.6 is 0 Å². The molecule has 0 aromatic carbocycles. The molecule has 0 saturated carbocycles. The average Bonchev–Trinajstić information content (AvgIpc) is 2.27. The van der Waals surface area contributed by atoms with Crippen molar-refractivity contribution in [3.8, 4) is 0 Å². The summed E-state index contributed by atoms with van der Waals surface area (Å²) in [6.07, 6.45) is 3.87. The second-order valence-corrected chi connectivity index (χ2v) is 2.59. The number of pyridine rings is 1. The highest BCUT2D eigenvalue weighted by atomic mass is 16.3. The molecule has 3 nitrogen and oxygen atoms in total. The van der Waals surface area contributed by atoms with E-state index in [1.165, 1.54) is 0 Å². The first-order valence-electron chi connectivity index (χ1n) is 3.48. The van der Waals surface area contributed by atoms with Crippen molar-refractivity contribution in [2.45, 2.75) is 6.92 Å². The zero-order valence-corrected chi connectivity index (χ0v) is 6.53. The summed E-state index contributed by atoms with van der Waals surface area (Å²) < 4.78 is 7.25. The van der Waals surface area contributed by atoms with E-state index in [1.807, 2.05) is 37.0 Å². The van der Waals surface area contributed by atoms with E-state index >= 15 is 0 Å². The first-order valence-corrected chi connectivity index (χ1v) is 3.48. The summed E-state index contributed by atoms with van der Waals surface area (Å²) in [4.78, 5) is 4.19. The molecule has 0 aliphatic rings. The number of nitrogens with zero attached hydrogens (tertiary/aromatic N) is 2. The van der Waals surface area contributed by atoms with E-state index < -0.39 is 0 Å². The maximum Gasteiger partial charge on any atom is 0.198 e. The first kappa shape index (κ1) is 6.34. The lowest BCUT2D eigenvalue weighted by molar-refractivity contribution is -0.670. The molecule has 0 spiro atoms. The van der Waals surface area contributed by atoms with Crippen LogP contribution in [0.5, 0.6) is 0 Å². The van der Waals surface area contributed by atoms with Crippen molar-refractivity contribution in [2.75, 3.05) is 0 Å². The van der Waals surface area contributed by atoms with Crippen LogP contribution in [0.4, 0.5) is 0 Å². The molecular weight excluding hydrogens is 140 g/mol. The van der Waals surface area contributed by atoms with Crippen molar-refractivity contribution in [2.24, 2.45) is 7.05 Å². The Morgan fingerprint density at radius 3 is 3.18 bits per heavy atom. The predicted molar refractivity (Wildman–Crippen MR) is 39.9 cm³/mol. The fourth-order valence-corrected chi connectivity index (χ4v) is 1.09. The number of oxazole rings is 1. The summed E-state index contributed by atoms with van der Waals surface area (Å²) in [6.45, 7) is 1.85. The van der Waals surface area contributed by atoms with E-state index in [-0.39, 0.29) is 0 Å². The molecule has 0 fully saturated rings. The van der Waals surface area contributed by atoms with Crippen molar-refractivity contribution >= 4 is 11.1 Å². The van der Waals surface area contributed by atoms with Crippen LogP contribution in [0.1, 0.15) is 5.89 Å². The fraction of sp³-hybridized carbons (Fsp3) is 0.250. The highest BCUT2D eigenvalue weighted by Gasteiger charge is 2.04. The lowest BCUT2D eigenvalue weighted by atomic mass is 10.4. The van der Waals surface area contributed by atoms with E-state index in [0.717, 1.165) is 11.1 Å². The van der Waals surface area contributed by atoms with Crippen LogP contribution in [0.3, 0.4) is 0 Å². The van der Waals surface area contributed by atoms with Gasteiger partial charge in [0.25, 0.3) is 0 Å². The van der Waals surface area contributed by atoms with Crippen molar-refractivity contribution < 1.29 is 8.98 Å². The molecule has 2 heterocycles. The van der Waals surface area contributed by atoms with Crippen LogP contribution < -0.4 is 4.57 Å². The molecular formula is C8H9N2O+. The molecule has 0 bridgehead atoms. The van der Waals surface area contributed by atoms with Gasteiger partial charge in [-0.1, -0.05) is 0 Å². The van der Waals surface area contributed by atoms with Gasteiger partial charge in [-0.2, -0.15) is 0 Å². The Morgan fingerprint density at radius 2 is 2.36 bits per heavy atom. The Kier molecular flexibility index (Phi) is 1.18. The lowest BCUT2D eigenvalue weighted by Crippen LogP contribution is -2.25. The summed E-state index contributed by atoms with van der Waals surface area (Å²) in [7, 11) is 1.96. The Morgan fingerprint density at radius 1 is 1.55 bits per heavy atom. The Labute approximate surface area is 64.3 Å². The van der Waals surface area contributed by atoms with Crippen LogP contribution in [0.15, 0.2) is 22.9 Å². The highest BCUT2D eigenvalue weighted by Crippen LogP contribution is 2.10. The number of rotatable bonds is 0. The van der Waals surface area contributed by atoms with Crippen LogP contribution in [-0.4, -0.2) is 4.98 Å². The SMILES string of the molecule is Cc1nc2c[n+](C)ccc2o1. The van der Waals surface area contributed by atoms with Gasteiger partial charge >= 0.3 is 0 Å². The van der Waals surface area contributed by atoms with Crippen LogP contribution in [0.2, 0.25) is 0 Å². The van der Waals surface area contributed by atoms with Gasteiger partial charge in [-0.15, -0.1) is 0 Å². The van der Waals surface area contributed by atoms with Crippen LogP contribution in [-0.2, 0) is 7.05 Å². The summed E-state index contributed by atoms with van der Waals surface area (Å²) in [5, 5.41) is 0. The molecule has 0 radical (unpaired) electrons. The Hall–Kier alpha value is -1.38. The van der Waals surface area contributed by atoms with E-state index in [0.29, 0.717) is 5.89 Å². The van der Waals surface area contributed by atoms with Crippen LogP contribution in [0.25, 0.3) is 11.1 Å². The third-order valence-electron chi connectivity index (χ3n) is 1.57. The maximum atomic E-state index is 5.30. The van der Waals surface area contributed by atoms with Gasteiger partial charge in [0, 0.05) is 13.0 Å². The molecule has 0 aliphatic carbocycles. The van der Waals surface area contributed by atoms with E-state index in [2.05, 4.69) is 4.98 Å². The molecule has 2 aromatic heterocycles. The zero-order valence-electron chi connectivity index (χ0n) is 6.53. The van der Waals surface area contributed by atoms with Gasteiger partial charge in [0.15, 0.2) is 29.4 Å². The molecule has 0 unspecified atom stereocenters. The average molecular weight is 149 g/mol. The quantitative estimate of drug-likeness (QED) is 0.522. The standard InChI is InChI=1S/C8H9N2O/c1-6-9-7-5-10(2)4-3-8(7)11-6/h3-5H,1-2H3/q+1. The van der Waals surface area contributed by atoms with Gasteiger partial charge in [0.2, 0.25) is 0 Å². The number of fused-ring (bicyclic) bond motifs is 1. The van der Waals surface area contributed by atoms with Gasteiger partial charge in [0.1, 0.15) is 7.05 Å². The monoisotopic (exact) mass is 149 g/mol. The van der Waals surface area contributed by atoms with Gasteiger partial charge in [-0.05, 0) is 0 Å². The van der Waals surface area contributed by atoms with Gasteiger partial charge in [-0.3, -0.25) is 0 Å². The van der Waals surface area contributed by atoms with Crippen molar-refractivity contribution in [3.63, 3.8) is 0 Å². The largest absolute Gasteiger partial charge is 0.441 e. The summed E-state index contributed by atoms with van der Waals surface area (Å²) in [6, 6.07) is 1.91. The molecule has 0 atom stereocenters. The molecule has 11 heavy (non-hydrogen) atoms. The minimum absolute atomic E-state index is 0.714. The molecule has 2 rings (SSSR count). The lowest BCUT2D eigenvalue weighted by Gasteiger charge is -1.82. The van der Waals surface area contributed by atoms with Crippen LogP contribution in [0, 0.1) is 6.92 Å².